The fourth-order valence-corrected chi connectivity index (χ4v) is 2.64. The Labute approximate surface area is 123 Å². The van der Waals surface area contributed by atoms with Crippen LogP contribution in [0.5, 0.6) is 0 Å². The van der Waals surface area contributed by atoms with E-state index in [1.165, 1.54) is 4.90 Å². The first-order valence-electron chi connectivity index (χ1n) is 7.36. The number of hydrogen-bond acceptors (Lipinski definition) is 3. The summed E-state index contributed by atoms with van der Waals surface area (Å²) >= 11 is 0. The number of amides is 2. The zero-order valence-electron chi connectivity index (χ0n) is 11.7. The van der Waals surface area contributed by atoms with Crippen LogP contribution in [0.4, 0.5) is 5.69 Å². The van der Waals surface area contributed by atoms with Crippen LogP contribution in [0, 0.1) is 5.92 Å². The van der Waals surface area contributed by atoms with E-state index in [2.05, 4.69) is 5.32 Å². The molecule has 1 atom stereocenters. The number of benzene rings is 1. The van der Waals surface area contributed by atoms with Crippen LogP contribution < -0.4 is 10.2 Å². The van der Waals surface area contributed by atoms with Crippen molar-refractivity contribution in [3.05, 3.63) is 30.3 Å². The van der Waals surface area contributed by atoms with E-state index < -0.39 is 17.7 Å². The van der Waals surface area contributed by atoms with E-state index in [0.29, 0.717) is 31.0 Å². The molecule has 5 nitrogen and oxygen atoms in total. The summed E-state index contributed by atoms with van der Waals surface area (Å²) in [4.78, 5) is 37.7. The van der Waals surface area contributed by atoms with Gasteiger partial charge >= 0.3 is 0 Å². The van der Waals surface area contributed by atoms with Crippen LogP contribution in [0.2, 0.25) is 0 Å². The van der Waals surface area contributed by atoms with E-state index in [1.807, 2.05) is 18.2 Å². The van der Waals surface area contributed by atoms with E-state index in [4.69, 9.17) is 0 Å². The van der Waals surface area contributed by atoms with Crippen molar-refractivity contribution in [2.24, 2.45) is 5.92 Å². The van der Waals surface area contributed by atoms with Crippen LogP contribution in [0.3, 0.4) is 0 Å². The first-order chi connectivity index (χ1) is 10.2. The van der Waals surface area contributed by atoms with Crippen LogP contribution >= 0.6 is 0 Å². The molecule has 1 saturated carbocycles. The Hall–Kier alpha value is -2.17. The molecule has 1 saturated heterocycles. The zero-order chi connectivity index (χ0) is 14.8. The molecule has 1 heterocycles. The molecule has 5 heteroatoms. The molecule has 0 aromatic heterocycles. The molecule has 3 rings (SSSR count). The highest BCUT2D eigenvalue weighted by atomic mass is 16.2. The van der Waals surface area contributed by atoms with Gasteiger partial charge in [-0.2, -0.15) is 0 Å². The largest absolute Gasteiger partial charge is 0.349 e. The van der Waals surface area contributed by atoms with Gasteiger partial charge in [0.05, 0.1) is 0 Å². The molecule has 0 spiro atoms. The van der Waals surface area contributed by atoms with Crippen LogP contribution in [-0.4, -0.2) is 30.2 Å². The maximum atomic E-state index is 12.3. The van der Waals surface area contributed by atoms with E-state index in [9.17, 15) is 14.4 Å². The number of Topliss-reactive ketones (excluding diaryl/α,β-unsaturated/α-hetero) is 1. The molecule has 21 heavy (non-hydrogen) atoms. The number of carbonyl (C=O) groups excluding carboxylic acids is 3. The third kappa shape index (κ3) is 2.96. The Morgan fingerprint density at radius 1 is 1.14 bits per heavy atom. The van der Waals surface area contributed by atoms with Gasteiger partial charge < -0.3 is 10.2 Å². The van der Waals surface area contributed by atoms with Crippen molar-refractivity contribution in [1.82, 2.24) is 5.32 Å². The number of anilines is 1. The third-order valence-electron chi connectivity index (χ3n) is 4.02. The second-order valence-corrected chi connectivity index (χ2v) is 5.67. The van der Waals surface area contributed by atoms with Crippen LogP contribution in [0.1, 0.15) is 25.7 Å². The monoisotopic (exact) mass is 286 g/mol. The predicted molar refractivity (Wildman–Crippen MR) is 77.7 cm³/mol. The number of carbonyl (C=O) groups is 3. The number of ketones is 1. The Morgan fingerprint density at radius 3 is 2.52 bits per heavy atom. The van der Waals surface area contributed by atoms with Gasteiger partial charge in [0.1, 0.15) is 6.04 Å². The average molecular weight is 286 g/mol. The summed E-state index contributed by atoms with van der Waals surface area (Å²) in [5.74, 6) is -0.653. The minimum atomic E-state index is -0.667. The highest BCUT2D eigenvalue weighted by Crippen LogP contribution is 2.28. The lowest BCUT2D eigenvalue weighted by Gasteiger charge is -2.23. The molecule has 0 bridgehead atoms. The number of nitrogens with zero attached hydrogens (tertiary/aromatic N) is 1. The normalized spacial score (nSPS) is 21.4. The number of rotatable bonds is 5. The highest BCUT2D eigenvalue weighted by molar-refractivity contribution is 6.39. The van der Waals surface area contributed by atoms with Crippen molar-refractivity contribution in [2.75, 3.05) is 11.4 Å². The van der Waals surface area contributed by atoms with Crippen molar-refractivity contribution in [1.29, 1.82) is 0 Å². The quantitative estimate of drug-likeness (QED) is 0.829. The lowest BCUT2D eigenvalue weighted by molar-refractivity contribution is -0.138. The van der Waals surface area contributed by atoms with Gasteiger partial charge in [-0.1, -0.05) is 18.2 Å². The van der Waals surface area contributed by atoms with E-state index in [-0.39, 0.29) is 5.91 Å². The van der Waals surface area contributed by atoms with Crippen molar-refractivity contribution >= 4 is 23.3 Å². The maximum Gasteiger partial charge on any atom is 0.289 e. The smallest absolute Gasteiger partial charge is 0.289 e. The molecule has 2 aliphatic rings. The predicted octanol–water partition coefficient (Wildman–Crippen LogP) is 1.28. The first-order valence-corrected chi connectivity index (χ1v) is 7.36. The summed E-state index contributed by atoms with van der Waals surface area (Å²) in [6, 6.07) is 8.38. The Balaban J connectivity index is 1.71. The first kappa shape index (κ1) is 13.8. The molecule has 1 N–H and O–H groups in total. The van der Waals surface area contributed by atoms with E-state index in [1.54, 1.807) is 12.1 Å². The zero-order valence-corrected chi connectivity index (χ0v) is 11.7. The summed E-state index contributed by atoms with van der Waals surface area (Å²) in [6.45, 7) is 0.566. The Morgan fingerprint density at radius 2 is 1.86 bits per heavy atom. The van der Waals surface area contributed by atoms with E-state index in [0.717, 1.165) is 12.8 Å². The maximum absolute atomic E-state index is 12.3. The van der Waals surface area contributed by atoms with Crippen molar-refractivity contribution in [3.8, 4) is 0 Å². The van der Waals surface area contributed by atoms with Gasteiger partial charge in [-0.15, -0.1) is 0 Å². The summed E-state index contributed by atoms with van der Waals surface area (Å²) in [5, 5.41) is 2.68. The van der Waals surface area contributed by atoms with Crippen LogP contribution in [0.25, 0.3) is 0 Å². The standard InChI is InChI=1S/C16H18N2O3/c19-14-9-8-13(18(14)12-4-2-1-3-5-12)15(20)16(21)17-10-11-6-7-11/h1-5,11,13H,6-10H2,(H,17,21). The molecule has 2 fully saturated rings. The summed E-state index contributed by atoms with van der Waals surface area (Å²) in [7, 11) is 0. The van der Waals surface area contributed by atoms with Crippen LogP contribution in [0.15, 0.2) is 30.3 Å². The van der Waals surface area contributed by atoms with Gasteiger partial charge in [-0.3, -0.25) is 14.4 Å². The SMILES string of the molecule is O=C(NCC1CC1)C(=O)C1CCC(=O)N1c1ccccc1. The number of para-hydroxylation sites is 1. The van der Waals surface area contributed by atoms with Crippen molar-refractivity contribution < 1.29 is 14.4 Å². The van der Waals surface area contributed by atoms with Gasteiger partial charge in [-0.05, 0) is 37.3 Å². The Kier molecular flexibility index (Phi) is 3.73. The van der Waals surface area contributed by atoms with Gasteiger partial charge in [0.2, 0.25) is 11.7 Å². The second kappa shape index (κ2) is 5.68. The highest BCUT2D eigenvalue weighted by Gasteiger charge is 2.39. The van der Waals surface area contributed by atoms with Crippen LogP contribution in [-0.2, 0) is 14.4 Å². The molecule has 1 unspecified atom stereocenters. The fraction of sp³-hybridized carbons (Fsp3) is 0.438. The molecule has 2 amide bonds. The average Bonchev–Trinajstić information content (AvgIpc) is 3.26. The number of hydrogen-bond donors (Lipinski definition) is 1. The minimum absolute atomic E-state index is 0.102. The lowest BCUT2D eigenvalue weighted by Crippen LogP contribution is -2.46. The minimum Gasteiger partial charge on any atom is -0.349 e. The molecule has 0 radical (unpaired) electrons. The lowest BCUT2D eigenvalue weighted by atomic mass is 10.1. The van der Waals surface area contributed by atoms with Gasteiger partial charge in [-0.25, -0.2) is 0 Å². The van der Waals surface area contributed by atoms with Gasteiger partial charge in [0.25, 0.3) is 5.91 Å². The second-order valence-electron chi connectivity index (χ2n) is 5.67. The topological polar surface area (TPSA) is 66.5 Å². The molecule has 1 aliphatic heterocycles. The third-order valence-corrected chi connectivity index (χ3v) is 4.02. The molecule has 1 aromatic carbocycles. The summed E-state index contributed by atoms with van der Waals surface area (Å²) in [5.41, 5.74) is 0.674. The fourth-order valence-electron chi connectivity index (χ4n) is 2.64. The van der Waals surface area contributed by atoms with Crippen molar-refractivity contribution in [3.63, 3.8) is 0 Å². The molecule has 1 aliphatic carbocycles. The van der Waals surface area contributed by atoms with Gasteiger partial charge in [0, 0.05) is 18.7 Å². The Bertz CT molecular complexity index is 566. The summed E-state index contributed by atoms with van der Waals surface area (Å²) in [6.07, 6.45) is 2.95. The summed E-state index contributed by atoms with van der Waals surface area (Å²) < 4.78 is 0. The number of nitrogens with one attached hydrogen (secondary N) is 1. The van der Waals surface area contributed by atoms with E-state index >= 15 is 0 Å². The van der Waals surface area contributed by atoms with Crippen molar-refractivity contribution in [2.45, 2.75) is 31.7 Å². The molecular formula is C16H18N2O3. The molecule has 1 aromatic rings. The molecule has 110 valence electrons. The van der Waals surface area contributed by atoms with Gasteiger partial charge in [0.15, 0.2) is 0 Å². The molecular weight excluding hydrogens is 268 g/mol.